The predicted molar refractivity (Wildman–Crippen MR) is 81.8 cm³/mol. The lowest BCUT2D eigenvalue weighted by atomic mass is 10.1. The van der Waals surface area contributed by atoms with Crippen LogP contribution in [0.4, 0.5) is 9.93 Å². The van der Waals surface area contributed by atoms with Gasteiger partial charge in [0.25, 0.3) is 0 Å². The molecule has 6 nitrogen and oxygen atoms in total. The molecule has 7 heteroatoms. The summed E-state index contributed by atoms with van der Waals surface area (Å²) in [4.78, 5) is 30.3. The molecule has 0 unspecified atom stereocenters. The number of rotatable bonds is 3. The molecule has 114 valence electrons. The Hall–Kier alpha value is -1.89. The van der Waals surface area contributed by atoms with Crippen LogP contribution in [0.1, 0.15) is 35.6 Å². The van der Waals surface area contributed by atoms with Crippen molar-refractivity contribution in [3.8, 4) is 0 Å². The number of urea groups is 1. The zero-order chi connectivity index (χ0) is 15.4. The van der Waals surface area contributed by atoms with Gasteiger partial charge in [0.2, 0.25) is 0 Å². The molecule has 21 heavy (non-hydrogen) atoms. The summed E-state index contributed by atoms with van der Waals surface area (Å²) in [5.74, 6) is -0.398. The molecular formula is C14H19N3O3S. The third-order valence-corrected chi connectivity index (χ3v) is 4.14. The Labute approximate surface area is 127 Å². The van der Waals surface area contributed by atoms with Crippen molar-refractivity contribution in [2.45, 2.75) is 27.2 Å². The number of nitrogens with zero attached hydrogens (tertiary/aromatic N) is 2. The molecule has 2 rings (SSSR count). The molecule has 1 aromatic rings. The lowest BCUT2D eigenvalue weighted by Crippen LogP contribution is -2.38. The lowest BCUT2D eigenvalue weighted by molar-refractivity contribution is 0.0531. The highest BCUT2D eigenvalue weighted by Gasteiger charge is 2.20. The van der Waals surface area contributed by atoms with Gasteiger partial charge in [0.05, 0.1) is 12.3 Å². The molecule has 2 amide bonds. The van der Waals surface area contributed by atoms with E-state index in [0.717, 1.165) is 17.8 Å². The number of carbonyl (C=O) groups excluding carboxylic acids is 2. The first-order chi connectivity index (χ1) is 10.0. The smallest absolute Gasteiger partial charge is 0.350 e. The molecule has 1 aliphatic heterocycles. The fourth-order valence-electron chi connectivity index (χ4n) is 2.09. The number of carbonyl (C=O) groups is 2. The first-order valence-corrected chi connectivity index (χ1v) is 7.69. The first kappa shape index (κ1) is 15.5. The van der Waals surface area contributed by atoms with Crippen molar-refractivity contribution >= 4 is 28.5 Å². The van der Waals surface area contributed by atoms with Gasteiger partial charge in [-0.05, 0) is 27.2 Å². The second-order valence-electron chi connectivity index (χ2n) is 4.84. The summed E-state index contributed by atoms with van der Waals surface area (Å²) in [6.45, 7) is 7.12. The van der Waals surface area contributed by atoms with Crippen LogP contribution >= 0.6 is 11.3 Å². The van der Waals surface area contributed by atoms with Crippen molar-refractivity contribution in [3.63, 3.8) is 0 Å². The Morgan fingerprint density at radius 1 is 1.48 bits per heavy atom. The van der Waals surface area contributed by atoms with Crippen LogP contribution < -0.4 is 5.32 Å². The van der Waals surface area contributed by atoms with Crippen LogP contribution in [0.2, 0.25) is 0 Å². The standard InChI is InChI=1S/C14H19N3O3S/c1-4-20-12(18)11-10(3)15-13(21-11)16-14(19)17-7-5-6-9(2)8-17/h6H,4-5,7-8H2,1-3H3,(H,15,16,19). The fraction of sp³-hybridized carbons (Fsp3) is 0.500. The van der Waals surface area contributed by atoms with Crippen LogP contribution in [0.15, 0.2) is 11.6 Å². The van der Waals surface area contributed by atoms with Gasteiger partial charge in [-0.25, -0.2) is 14.6 Å². The van der Waals surface area contributed by atoms with E-state index >= 15 is 0 Å². The summed E-state index contributed by atoms with van der Waals surface area (Å²) in [5.41, 5.74) is 1.75. The van der Waals surface area contributed by atoms with E-state index in [0.29, 0.717) is 35.4 Å². The van der Waals surface area contributed by atoms with Crippen molar-refractivity contribution in [2.24, 2.45) is 0 Å². The Bertz CT molecular complexity index is 580. The number of anilines is 1. The fourth-order valence-corrected chi connectivity index (χ4v) is 2.94. The number of ether oxygens (including phenoxy) is 1. The molecule has 0 aromatic carbocycles. The number of aromatic nitrogens is 1. The number of thiazole rings is 1. The molecule has 2 heterocycles. The molecular weight excluding hydrogens is 290 g/mol. The molecule has 1 N–H and O–H groups in total. The largest absolute Gasteiger partial charge is 0.462 e. The molecule has 0 fully saturated rings. The molecule has 1 aliphatic rings. The molecule has 0 atom stereocenters. The highest BCUT2D eigenvalue weighted by atomic mass is 32.1. The number of hydrogen-bond donors (Lipinski definition) is 1. The number of aryl methyl sites for hydroxylation is 1. The van der Waals surface area contributed by atoms with Gasteiger partial charge in [-0.2, -0.15) is 0 Å². The van der Waals surface area contributed by atoms with E-state index in [4.69, 9.17) is 4.74 Å². The molecule has 0 aliphatic carbocycles. The summed E-state index contributed by atoms with van der Waals surface area (Å²) in [6, 6.07) is -0.188. The zero-order valence-corrected chi connectivity index (χ0v) is 13.2. The topological polar surface area (TPSA) is 71.5 Å². The van der Waals surface area contributed by atoms with Crippen molar-refractivity contribution in [1.29, 1.82) is 0 Å². The van der Waals surface area contributed by atoms with Crippen LogP contribution in [0.5, 0.6) is 0 Å². The van der Waals surface area contributed by atoms with E-state index in [2.05, 4.69) is 16.4 Å². The van der Waals surface area contributed by atoms with Crippen molar-refractivity contribution < 1.29 is 14.3 Å². The predicted octanol–water partition coefficient (Wildman–Crippen LogP) is 2.81. The summed E-state index contributed by atoms with van der Waals surface area (Å²) in [6.07, 6.45) is 3.00. The van der Waals surface area contributed by atoms with Gasteiger partial charge in [0, 0.05) is 13.1 Å². The SMILES string of the molecule is CCOC(=O)c1sc(NC(=O)N2CCC=C(C)C2)nc1C. The highest BCUT2D eigenvalue weighted by Crippen LogP contribution is 2.24. The van der Waals surface area contributed by atoms with Gasteiger partial charge in [0.1, 0.15) is 4.88 Å². The van der Waals surface area contributed by atoms with Crippen molar-refractivity contribution in [2.75, 3.05) is 25.0 Å². The van der Waals surface area contributed by atoms with E-state index in [1.165, 1.54) is 5.57 Å². The molecule has 1 aromatic heterocycles. The summed E-state index contributed by atoms with van der Waals surface area (Å²) < 4.78 is 4.96. The number of hydrogen-bond acceptors (Lipinski definition) is 5. The van der Waals surface area contributed by atoms with E-state index in [1.54, 1.807) is 18.7 Å². The normalized spacial score (nSPS) is 14.6. The molecule has 0 bridgehead atoms. The van der Waals surface area contributed by atoms with Crippen LogP contribution in [0, 0.1) is 6.92 Å². The maximum Gasteiger partial charge on any atom is 0.350 e. The highest BCUT2D eigenvalue weighted by molar-refractivity contribution is 7.17. The van der Waals surface area contributed by atoms with E-state index in [1.807, 2.05) is 6.92 Å². The van der Waals surface area contributed by atoms with Crippen LogP contribution in [-0.2, 0) is 4.74 Å². The van der Waals surface area contributed by atoms with E-state index in [-0.39, 0.29) is 6.03 Å². The Balaban J connectivity index is 2.03. The van der Waals surface area contributed by atoms with E-state index in [9.17, 15) is 9.59 Å². The summed E-state index contributed by atoms with van der Waals surface area (Å²) in [5, 5.41) is 3.17. The van der Waals surface area contributed by atoms with Crippen molar-refractivity contribution in [1.82, 2.24) is 9.88 Å². The van der Waals surface area contributed by atoms with Crippen LogP contribution in [0.25, 0.3) is 0 Å². The van der Waals surface area contributed by atoms with Gasteiger partial charge in [-0.15, -0.1) is 0 Å². The zero-order valence-electron chi connectivity index (χ0n) is 12.4. The van der Waals surface area contributed by atoms with Gasteiger partial charge >= 0.3 is 12.0 Å². The van der Waals surface area contributed by atoms with Gasteiger partial charge in [-0.1, -0.05) is 23.0 Å². The molecule has 0 saturated heterocycles. The average molecular weight is 309 g/mol. The minimum absolute atomic E-state index is 0.188. The van der Waals surface area contributed by atoms with E-state index < -0.39 is 5.97 Å². The number of esters is 1. The Kier molecular flexibility index (Phi) is 4.95. The second-order valence-corrected chi connectivity index (χ2v) is 5.84. The van der Waals surface area contributed by atoms with Gasteiger partial charge in [-0.3, -0.25) is 5.32 Å². The number of nitrogens with one attached hydrogen (secondary N) is 1. The van der Waals surface area contributed by atoms with Crippen LogP contribution in [0.3, 0.4) is 0 Å². The first-order valence-electron chi connectivity index (χ1n) is 6.87. The average Bonchev–Trinajstić information content (AvgIpc) is 2.80. The summed E-state index contributed by atoms with van der Waals surface area (Å²) >= 11 is 1.14. The third kappa shape index (κ3) is 3.81. The quantitative estimate of drug-likeness (QED) is 0.688. The number of amides is 2. The monoisotopic (exact) mass is 309 g/mol. The lowest BCUT2D eigenvalue weighted by Gasteiger charge is -2.25. The molecule has 0 radical (unpaired) electrons. The van der Waals surface area contributed by atoms with Gasteiger partial charge < -0.3 is 9.64 Å². The Morgan fingerprint density at radius 2 is 2.24 bits per heavy atom. The third-order valence-electron chi connectivity index (χ3n) is 3.09. The second kappa shape index (κ2) is 6.71. The molecule has 0 spiro atoms. The van der Waals surface area contributed by atoms with Crippen LogP contribution in [-0.4, -0.2) is 41.6 Å². The molecule has 0 saturated carbocycles. The minimum atomic E-state index is -0.398. The van der Waals surface area contributed by atoms with Crippen molar-refractivity contribution in [3.05, 3.63) is 22.2 Å². The Morgan fingerprint density at radius 3 is 2.90 bits per heavy atom. The minimum Gasteiger partial charge on any atom is -0.462 e. The summed E-state index contributed by atoms with van der Waals surface area (Å²) in [7, 11) is 0. The maximum absolute atomic E-state index is 12.2. The van der Waals surface area contributed by atoms with Gasteiger partial charge in [0.15, 0.2) is 5.13 Å². The maximum atomic E-state index is 12.2.